The summed E-state index contributed by atoms with van der Waals surface area (Å²) < 4.78 is 12.3. The van der Waals surface area contributed by atoms with Crippen molar-refractivity contribution in [3.05, 3.63) is 36.4 Å². The van der Waals surface area contributed by atoms with Crippen LogP contribution in [0.4, 0.5) is 0 Å². The van der Waals surface area contributed by atoms with Gasteiger partial charge in [0.05, 0.1) is 18.3 Å². The van der Waals surface area contributed by atoms with Crippen molar-refractivity contribution in [3.63, 3.8) is 0 Å². The molecule has 3 rings (SSSR count). The number of aromatic nitrogens is 4. The van der Waals surface area contributed by atoms with E-state index in [1.165, 1.54) is 23.3 Å². The molecule has 98 valence electrons. The first-order chi connectivity index (χ1) is 9.36. The number of hydrogen-bond acceptors (Lipinski definition) is 6. The Kier molecular flexibility index (Phi) is 3.77. The fourth-order valence-electron chi connectivity index (χ4n) is 1.65. The molecule has 0 aliphatic carbocycles. The van der Waals surface area contributed by atoms with E-state index >= 15 is 0 Å². The zero-order valence-electron chi connectivity index (χ0n) is 10.3. The molecule has 0 fully saturated rings. The van der Waals surface area contributed by atoms with Crippen LogP contribution >= 0.6 is 23.3 Å². The lowest BCUT2D eigenvalue weighted by atomic mass is 10.4. The van der Waals surface area contributed by atoms with Crippen LogP contribution in [0.5, 0.6) is 0 Å². The van der Waals surface area contributed by atoms with Crippen molar-refractivity contribution >= 4 is 28.8 Å². The Hall–Kier alpha value is -1.44. The van der Waals surface area contributed by atoms with Crippen LogP contribution in [0.3, 0.4) is 0 Å². The molecule has 19 heavy (non-hydrogen) atoms. The number of methoxy groups -OCH3 is 1. The Morgan fingerprint density at radius 1 is 1.42 bits per heavy atom. The van der Waals surface area contributed by atoms with Crippen molar-refractivity contribution in [2.75, 3.05) is 13.7 Å². The van der Waals surface area contributed by atoms with Gasteiger partial charge in [-0.3, -0.25) is 4.40 Å². The molecule has 7 heteroatoms. The Balaban J connectivity index is 1.79. The standard InChI is InChI=1S/C12H12N4OS2/c1-17-7-5-10-14-12(19-15-10)18-11-13-8-9-4-2-3-6-16(9)11/h2-4,6,8H,5,7H2,1H3. The molecule has 0 aromatic carbocycles. The van der Waals surface area contributed by atoms with Crippen molar-refractivity contribution in [1.82, 2.24) is 18.7 Å². The molecule has 0 saturated heterocycles. The SMILES string of the molecule is COCCc1nsc(Sc2ncc3ccccn23)n1. The molecule has 5 nitrogen and oxygen atoms in total. The second kappa shape index (κ2) is 5.68. The minimum absolute atomic E-state index is 0.646. The number of ether oxygens (including phenoxy) is 1. The van der Waals surface area contributed by atoms with E-state index < -0.39 is 0 Å². The summed E-state index contributed by atoms with van der Waals surface area (Å²) in [6.45, 7) is 0.646. The van der Waals surface area contributed by atoms with Crippen LogP contribution in [0.1, 0.15) is 5.82 Å². The Morgan fingerprint density at radius 3 is 3.26 bits per heavy atom. The average molecular weight is 292 g/mol. The van der Waals surface area contributed by atoms with Crippen molar-refractivity contribution in [3.8, 4) is 0 Å². The van der Waals surface area contributed by atoms with E-state index in [1.807, 2.05) is 35.0 Å². The summed E-state index contributed by atoms with van der Waals surface area (Å²) in [5, 5.41) is 0.907. The maximum absolute atomic E-state index is 5.02. The van der Waals surface area contributed by atoms with Gasteiger partial charge in [-0.1, -0.05) is 6.07 Å². The quantitative estimate of drug-likeness (QED) is 0.723. The van der Waals surface area contributed by atoms with Crippen molar-refractivity contribution in [1.29, 1.82) is 0 Å². The molecule has 3 aromatic rings. The van der Waals surface area contributed by atoms with Gasteiger partial charge >= 0.3 is 0 Å². The molecule has 0 saturated carbocycles. The molecule has 0 aliphatic rings. The highest BCUT2D eigenvalue weighted by Crippen LogP contribution is 2.28. The molecule has 3 aromatic heterocycles. The molecule has 0 atom stereocenters. The highest BCUT2D eigenvalue weighted by Gasteiger charge is 2.09. The van der Waals surface area contributed by atoms with E-state index in [1.54, 1.807) is 7.11 Å². The van der Waals surface area contributed by atoms with E-state index in [-0.39, 0.29) is 0 Å². The van der Waals surface area contributed by atoms with Gasteiger partial charge in [0.25, 0.3) is 0 Å². The third-order valence-corrected chi connectivity index (χ3v) is 4.34. The third kappa shape index (κ3) is 2.78. The van der Waals surface area contributed by atoms with E-state index in [9.17, 15) is 0 Å². The topological polar surface area (TPSA) is 52.3 Å². The van der Waals surface area contributed by atoms with Gasteiger partial charge in [-0.15, -0.1) is 0 Å². The molecule has 3 heterocycles. The number of rotatable bonds is 5. The highest BCUT2D eigenvalue weighted by atomic mass is 32.2. The van der Waals surface area contributed by atoms with Gasteiger partial charge in [-0.25, -0.2) is 9.97 Å². The molecule has 0 bridgehead atoms. The smallest absolute Gasteiger partial charge is 0.179 e. The Labute approximate surface area is 118 Å². The van der Waals surface area contributed by atoms with Crippen LogP contribution in [0.25, 0.3) is 5.52 Å². The molecule has 0 amide bonds. The van der Waals surface area contributed by atoms with Gasteiger partial charge in [0.2, 0.25) is 0 Å². The maximum Gasteiger partial charge on any atom is 0.179 e. The first kappa shape index (κ1) is 12.6. The summed E-state index contributed by atoms with van der Waals surface area (Å²) in [5.41, 5.74) is 1.08. The highest BCUT2D eigenvalue weighted by molar-refractivity contribution is 8.00. The van der Waals surface area contributed by atoms with Gasteiger partial charge < -0.3 is 4.74 Å². The fourth-order valence-corrected chi connectivity index (χ4v) is 3.27. The van der Waals surface area contributed by atoms with Gasteiger partial charge in [0, 0.05) is 19.7 Å². The summed E-state index contributed by atoms with van der Waals surface area (Å²) in [6, 6.07) is 6.02. The van der Waals surface area contributed by atoms with Crippen molar-refractivity contribution < 1.29 is 4.74 Å². The first-order valence-electron chi connectivity index (χ1n) is 5.78. The largest absolute Gasteiger partial charge is 0.384 e. The van der Waals surface area contributed by atoms with E-state index in [0.29, 0.717) is 6.61 Å². The summed E-state index contributed by atoms with van der Waals surface area (Å²) in [6.07, 6.45) is 4.60. The lowest BCUT2D eigenvalue weighted by Gasteiger charge is -1.97. The van der Waals surface area contributed by atoms with E-state index in [4.69, 9.17) is 4.74 Å². The molecule has 0 aliphatic heterocycles. The van der Waals surface area contributed by atoms with Crippen LogP contribution in [-0.2, 0) is 11.2 Å². The van der Waals surface area contributed by atoms with E-state index in [2.05, 4.69) is 14.3 Å². The van der Waals surface area contributed by atoms with E-state index in [0.717, 1.165) is 27.3 Å². The summed E-state index contributed by atoms with van der Waals surface area (Å²) in [7, 11) is 1.68. The van der Waals surface area contributed by atoms with Gasteiger partial charge in [0.1, 0.15) is 5.82 Å². The normalized spacial score (nSPS) is 11.2. The van der Waals surface area contributed by atoms with Crippen LogP contribution in [0.2, 0.25) is 0 Å². The second-order valence-electron chi connectivity index (χ2n) is 3.86. The first-order valence-corrected chi connectivity index (χ1v) is 7.37. The van der Waals surface area contributed by atoms with Crippen molar-refractivity contribution in [2.24, 2.45) is 0 Å². The van der Waals surface area contributed by atoms with Crippen LogP contribution in [0.15, 0.2) is 40.1 Å². The van der Waals surface area contributed by atoms with Crippen LogP contribution < -0.4 is 0 Å². The molecule has 0 radical (unpaired) electrons. The lowest BCUT2D eigenvalue weighted by Crippen LogP contribution is -1.95. The van der Waals surface area contributed by atoms with Gasteiger partial charge in [0.15, 0.2) is 9.50 Å². The average Bonchev–Trinajstić information content (AvgIpc) is 3.05. The second-order valence-corrected chi connectivity index (χ2v) is 5.82. The lowest BCUT2D eigenvalue weighted by molar-refractivity contribution is 0.200. The third-order valence-electron chi connectivity index (χ3n) is 2.56. The number of imidazole rings is 1. The number of hydrogen-bond donors (Lipinski definition) is 0. The van der Waals surface area contributed by atoms with Gasteiger partial charge in [-0.2, -0.15) is 4.37 Å². The predicted octanol–water partition coefficient (Wildman–Crippen LogP) is 2.53. The Morgan fingerprint density at radius 2 is 2.37 bits per heavy atom. The minimum atomic E-state index is 0.646. The Bertz CT molecular complexity index is 679. The number of pyridine rings is 1. The summed E-state index contributed by atoms with van der Waals surface area (Å²) >= 11 is 2.93. The monoisotopic (exact) mass is 292 g/mol. The van der Waals surface area contributed by atoms with Gasteiger partial charge in [-0.05, 0) is 35.4 Å². The number of fused-ring (bicyclic) bond motifs is 1. The number of nitrogens with zero attached hydrogens (tertiary/aromatic N) is 4. The summed E-state index contributed by atoms with van der Waals surface area (Å²) in [5.74, 6) is 0.829. The van der Waals surface area contributed by atoms with Crippen LogP contribution in [-0.4, -0.2) is 32.5 Å². The molecule has 0 spiro atoms. The predicted molar refractivity (Wildman–Crippen MR) is 74.8 cm³/mol. The molecular weight excluding hydrogens is 280 g/mol. The van der Waals surface area contributed by atoms with Crippen molar-refractivity contribution in [2.45, 2.75) is 15.9 Å². The fraction of sp³-hybridized carbons (Fsp3) is 0.250. The molecule has 0 N–H and O–H groups in total. The molecule has 0 unspecified atom stereocenters. The zero-order chi connectivity index (χ0) is 13.1. The molecular formula is C12H12N4OS2. The summed E-state index contributed by atoms with van der Waals surface area (Å²) in [4.78, 5) is 8.87. The minimum Gasteiger partial charge on any atom is -0.384 e. The zero-order valence-corrected chi connectivity index (χ0v) is 11.9. The maximum atomic E-state index is 5.02. The van der Waals surface area contributed by atoms with Crippen LogP contribution in [0, 0.1) is 0 Å².